The molecule has 1 unspecified atom stereocenters. The molecule has 1 aromatic carbocycles. The van der Waals surface area contributed by atoms with Crippen LogP contribution < -0.4 is 20.5 Å². The van der Waals surface area contributed by atoms with Crippen LogP contribution in [-0.4, -0.2) is 61.8 Å². The zero-order chi connectivity index (χ0) is 26.5. The maximum atomic E-state index is 13.0. The number of carbonyl (C=O) groups is 2. The molecular formula is C25H30F2N4O6. The second-order valence-electron chi connectivity index (χ2n) is 9.03. The number of rotatable bonds is 10. The lowest BCUT2D eigenvalue weighted by atomic mass is 10.1. The van der Waals surface area contributed by atoms with E-state index in [2.05, 4.69) is 15.0 Å². The summed E-state index contributed by atoms with van der Waals surface area (Å²) in [7, 11) is 1.33. The summed E-state index contributed by atoms with van der Waals surface area (Å²) in [5.41, 5.74) is 7.45. The lowest BCUT2D eigenvalue weighted by Gasteiger charge is -2.25. The molecule has 1 aliphatic heterocycles. The van der Waals surface area contributed by atoms with Gasteiger partial charge in [-0.25, -0.2) is 9.78 Å². The highest BCUT2D eigenvalue weighted by atomic mass is 19.3. The van der Waals surface area contributed by atoms with Crippen LogP contribution in [0, 0.1) is 5.92 Å². The van der Waals surface area contributed by atoms with E-state index in [4.69, 9.17) is 19.6 Å². The van der Waals surface area contributed by atoms with Gasteiger partial charge >= 0.3 is 12.7 Å². The number of carbonyl (C=O) groups excluding carboxylic acids is 2. The Balaban J connectivity index is 1.49. The third-order valence-electron chi connectivity index (χ3n) is 6.07. The molecule has 12 heteroatoms. The summed E-state index contributed by atoms with van der Waals surface area (Å²) in [6.45, 7) is 0.208. The first kappa shape index (κ1) is 26.4. The van der Waals surface area contributed by atoms with E-state index in [1.165, 1.54) is 25.3 Å². The number of amides is 2. The average molecular weight is 521 g/mol. The number of methoxy groups -OCH3 is 1. The van der Waals surface area contributed by atoms with Gasteiger partial charge in [0.25, 0.3) is 5.91 Å². The van der Waals surface area contributed by atoms with E-state index >= 15 is 0 Å². The van der Waals surface area contributed by atoms with E-state index in [1.54, 1.807) is 11.8 Å². The van der Waals surface area contributed by atoms with Crippen LogP contribution in [0.2, 0.25) is 0 Å². The van der Waals surface area contributed by atoms with Crippen molar-refractivity contribution in [2.75, 3.05) is 33.4 Å². The molecule has 200 valence electrons. The third-order valence-corrected chi connectivity index (χ3v) is 6.07. The first-order valence-corrected chi connectivity index (χ1v) is 12.0. The Labute approximate surface area is 212 Å². The van der Waals surface area contributed by atoms with Crippen LogP contribution >= 0.6 is 0 Å². The fraction of sp³-hybridized carbons (Fsp3) is 0.480. The summed E-state index contributed by atoms with van der Waals surface area (Å²) in [6.07, 6.45) is 4.12. The van der Waals surface area contributed by atoms with E-state index in [1.807, 2.05) is 6.08 Å². The SMILES string of the molecule is COC(=O)N1CC=C(CNC(=O)c2nc(-c3ccc(OC(F)F)c(OCC4CC4)c3)oc2C(C)N)CC1. The summed E-state index contributed by atoms with van der Waals surface area (Å²) in [6, 6.07) is 3.72. The minimum Gasteiger partial charge on any atom is -0.489 e. The van der Waals surface area contributed by atoms with Gasteiger partial charge < -0.3 is 34.6 Å². The molecule has 1 fully saturated rings. The first-order chi connectivity index (χ1) is 17.7. The van der Waals surface area contributed by atoms with Gasteiger partial charge in [-0.2, -0.15) is 8.78 Å². The highest BCUT2D eigenvalue weighted by molar-refractivity contribution is 5.94. The molecule has 2 aliphatic rings. The lowest BCUT2D eigenvalue weighted by molar-refractivity contribution is -0.0515. The topological polar surface area (TPSA) is 129 Å². The zero-order valence-corrected chi connectivity index (χ0v) is 20.7. The molecule has 1 aliphatic carbocycles. The number of benzene rings is 1. The smallest absolute Gasteiger partial charge is 0.409 e. The van der Waals surface area contributed by atoms with Crippen LogP contribution in [-0.2, 0) is 4.74 Å². The molecular weight excluding hydrogens is 490 g/mol. The number of halogens is 2. The lowest BCUT2D eigenvalue weighted by Crippen LogP contribution is -2.36. The van der Waals surface area contributed by atoms with E-state index in [0.29, 0.717) is 37.6 Å². The molecule has 3 N–H and O–H groups in total. The number of aromatic nitrogens is 1. The second kappa shape index (κ2) is 11.6. The van der Waals surface area contributed by atoms with Crippen LogP contribution in [0.3, 0.4) is 0 Å². The van der Waals surface area contributed by atoms with Crippen molar-refractivity contribution >= 4 is 12.0 Å². The van der Waals surface area contributed by atoms with Gasteiger partial charge in [-0.15, -0.1) is 0 Å². The summed E-state index contributed by atoms with van der Waals surface area (Å²) in [5.74, 6) is 0.261. The summed E-state index contributed by atoms with van der Waals surface area (Å²) < 4.78 is 46.6. The fourth-order valence-corrected chi connectivity index (χ4v) is 3.81. The summed E-state index contributed by atoms with van der Waals surface area (Å²) in [4.78, 5) is 30.5. The number of nitrogens with zero attached hydrogens (tertiary/aromatic N) is 2. The number of hydrogen-bond donors (Lipinski definition) is 2. The normalized spacial score (nSPS) is 16.3. The molecule has 0 spiro atoms. The Bertz CT molecular complexity index is 1160. The predicted molar refractivity (Wildman–Crippen MR) is 128 cm³/mol. The maximum Gasteiger partial charge on any atom is 0.409 e. The van der Waals surface area contributed by atoms with Crippen molar-refractivity contribution in [2.24, 2.45) is 11.7 Å². The Morgan fingerprint density at radius 1 is 1.30 bits per heavy atom. The van der Waals surface area contributed by atoms with Gasteiger partial charge in [0, 0.05) is 25.2 Å². The Morgan fingerprint density at radius 3 is 2.70 bits per heavy atom. The van der Waals surface area contributed by atoms with Crippen molar-refractivity contribution in [3.63, 3.8) is 0 Å². The standard InChI is InChI=1S/C25H30F2N4O6/c1-14(28)21-20(22(32)29-12-15-7-9-31(10-8-15)25(33)34-2)30-23(37-21)17-5-6-18(36-24(26)27)19(11-17)35-13-16-3-4-16/h5-7,11,14,16,24H,3-4,8-10,12-13,28H2,1-2H3,(H,29,32). The second-order valence-corrected chi connectivity index (χ2v) is 9.03. The third kappa shape index (κ3) is 6.76. The molecule has 10 nitrogen and oxygen atoms in total. The van der Waals surface area contributed by atoms with E-state index < -0.39 is 24.7 Å². The van der Waals surface area contributed by atoms with Gasteiger partial charge in [0.2, 0.25) is 5.89 Å². The van der Waals surface area contributed by atoms with E-state index in [-0.39, 0.29) is 35.4 Å². The number of hydrogen-bond acceptors (Lipinski definition) is 8. The zero-order valence-electron chi connectivity index (χ0n) is 20.7. The fourth-order valence-electron chi connectivity index (χ4n) is 3.81. The van der Waals surface area contributed by atoms with Crippen LogP contribution in [0.1, 0.15) is 48.5 Å². The van der Waals surface area contributed by atoms with Crippen LogP contribution in [0.15, 0.2) is 34.3 Å². The molecule has 1 saturated carbocycles. The molecule has 2 amide bonds. The number of ether oxygens (including phenoxy) is 3. The molecule has 2 heterocycles. The monoisotopic (exact) mass is 520 g/mol. The molecule has 37 heavy (non-hydrogen) atoms. The van der Waals surface area contributed by atoms with Crippen LogP contribution in [0.5, 0.6) is 11.5 Å². The van der Waals surface area contributed by atoms with Gasteiger partial charge in [-0.3, -0.25) is 4.79 Å². The summed E-state index contributed by atoms with van der Waals surface area (Å²) >= 11 is 0. The minimum absolute atomic E-state index is 0.0333. The van der Waals surface area contributed by atoms with Gasteiger partial charge in [-0.05, 0) is 50.3 Å². The van der Waals surface area contributed by atoms with Gasteiger partial charge in [0.1, 0.15) is 0 Å². The maximum absolute atomic E-state index is 13.0. The van der Waals surface area contributed by atoms with Crippen molar-refractivity contribution in [2.45, 2.75) is 38.8 Å². The largest absolute Gasteiger partial charge is 0.489 e. The highest BCUT2D eigenvalue weighted by Crippen LogP contribution is 2.37. The Hall–Kier alpha value is -3.67. The van der Waals surface area contributed by atoms with Gasteiger partial charge in [0.15, 0.2) is 23.0 Å². The number of alkyl halides is 2. The average Bonchev–Trinajstić information content (AvgIpc) is 3.61. The van der Waals surface area contributed by atoms with Crippen molar-refractivity contribution in [1.29, 1.82) is 0 Å². The van der Waals surface area contributed by atoms with Crippen molar-refractivity contribution in [1.82, 2.24) is 15.2 Å². The first-order valence-electron chi connectivity index (χ1n) is 12.0. The van der Waals surface area contributed by atoms with Crippen molar-refractivity contribution in [3.05, 3.63) is 41.3 Å². The predicted octanol–water partition coefficient (Wildman–Crippen LogP) is 3.88. The molecule has 4 rings (SSSR count). The number of nitrogens with one attached hydrogen (secondary N) is 1. The Morgan fingerprint density at radius 2 is 2.08 bits per heavy atom. The molecule has 0 bridgehead atoms. The molecule has 2 aromatic rings. The Kier molecular flexibility index (Phi) is 8.27. The minimum atomic E-state index is -3.00. The quantitative estimate of drug-likeness (QED) is 0.452. The summed E-state index contributed by atoms with van der Waals surface area (Å²) in [5, 5.41) is 2.82. The van der Waals surface area contributed by atoms with Crippen LogP contribution in [0.4, 0.5) is 13.6 Å². The number of oxazole rings is 1. The number of nitrogens with two attached hydrogens (primary N) is 1. The molecule has 0 radical (unpaired) electrons. The van der Waals surface area contributed by atoms with Gasteiger partial charge in [-0.1, -0.05) is 11.6 Å². The molecule has 1 atom stereocenters. The molecule has 1 aromatic heterocycles. The van der Waals surface area contributed by atoms with E-state index in [0.717, 1.165) is 18.4 Å². The van der Waals surface area contributed by atoms with Crippen molar-refractivity contribution < 1.29 is 37.0 Å². The van der Waals surface area contributed by atoms with Crippen molar-refractivity contribution in [3.8, 4) is 23.0 Å². The van der Waals surface area contributed by atoms with E-state index in [9.17, 15) is 18.4 Å². The highest BCUT2D eigenvalue weighted by Gasteiger charge is 2.26. The van der Waals surface area contributed by atoms with Crippen LogP contribution in [0.25, 0.3) is 11.5 Å². The molecule has 0 saturated heterocycles. The van der Waals surface area contributed by atoms with Gasteiger partial charge in [0.05, 0.1) is 19.8 Å².